The van der Waals surface area contributed by atoms with Crippen LogP contribution in [0.4, 0.5) is 0 Å². The maximum atomic E-state index is 5.78. The number of nitrogens with zero attached hydrogens (tertiary/aromatic N) is 3. The predicted octanol–water partition coefficient (Wildman–Crippen LogP) is 2.44. The molecule has 0 saturated heterocycles. The van der Waals surface area contributed by atoms with Crippen LogP contribution in [0, 0.1) is 0 Å². The highest BCUT2D eigenvalue weighted by Crippen LogP contribution is 2.31. The Balaban J connectivity index is 2.45. The van der Waals surface area contributed by atoms with E-state index in [1.165, 1.54) is 0 Å². The van der Waals surface area contributed by atoms with Gasteiger partial charge >= 0.3 is 0 Å². The first-order chi connectivity index (χ1) is 5.17. The fourth-order valence-electron chi connectivity index (χ4n) is 0.863. The highest BCUT2D eigenvalue weighted by Gasteiger charge is 2.25. The maximum Gasteiger partial charge on any atom is 0.157 e. The van der Waals surface area contributed by atoms with E-state index in [1.54, 1.807) is 18.2 Å². The zero-order valence-corrected chi connectivity index (χ0v) is 6.84. The molecule has 0 saturated carbocycles. The molecule has 0 N–H and O–H groups in total. The highest BCUT2D eigenvalue weighted by molar-refractivity contribution is 6.52. The SMILES string of the molecule is ClC1(Cl)C=CC2=NN=NC2=C1. The molecule has 1 aliphatic heterocycles. The number of allylic oxidation sites excluding steroid dienone is 3. The predicted molar refractivity (Wildman–Crippen MR) is 44.0 cm³/mol. The van der Waals surface area contributed by atoms with E-state index in [9.17, 15) is 0 Å². The zero-order valence-electron chi connectivity index (χ0n) is 5.33. The summed E-state index contributed by atoms with van der Waals surface area (Å²) in [4.78, 5) is 0. The summed E-state index contributed by atoms with van der Waals surface area (Å²) in [6.07, 6.45) is 4.94. The molecule has 0 aromatic rings. The van der Waals surface area contributed by atoms with Crippen molar-refractivity contribution in [1.82, 2.24) is 0 Å². The molecule has 0 atom stereocenters. The van der Waals surface area contributed by atoms with E-state index in [1.807, 2.05) is 0 Å². The third-order valence-corrected chi connectivity index (χ3v) is 1.83. The molecule has 3 nitrogen and oxygen atoms in total. The van der Waals surface area contributed by atoms with Crippen molar-refractivity contribution in [2.24, 2.45) is 15.4 Å². The van der Waals surface area contributed by atoms with Gasteiger partial charge in [0, 0.05) is 0 Å². The summed E-state index contributed by atoms with van der Waals surface area (Å²) in [6.45, 7) is 0. The van der Waals surface area contributed by atoms with Gasteiger partial charge in [-0.1, -0.05) is 23.2 Å². The lowest BCUT2D eigenvalue weighted by molar-refractivity contribution is 1.09. The van der Waals surface area contributed by atoms with Gasteiger partial charge in [-0.2, -0.15) is 0 Å². The Labute approximate surface area is 73.1 Å². The lowest BCUT2D eigenvalue weighted by Gasteiger charge is -2.12. The lowest BCUT2D eigenvalue weighted by atomic mass is 10.1. The summed E-state index contributed by atoms with van der Waals surface area (Å²) >= 11 is 11.6. The average molecular weight is 188 g/mol. The van der Waals surface area contributed by atoms with Crippen LogP contribution in [0.3, 0.4) is 0 Å². The first-order valence-corrected chi connectivity index (χ1v) is 3.72. The largest absolute Gasteiger partial charge is 0.157 e. The van der Waals surface area contributed by atoms with Crippen molar-refractivity contribution in [3.05, 3.63) is 23.9 Å². The molecular formula is C6H3Cl2N3. The van der Waals surface area contributed by atoms with Crippen LogP contribution >= 0.6 is 23.2 Å². The molecule has 0 aromatic carbocycles. The molecule has 5 heteroatoms. The van der Waals surface area contributed by atoms with Crippen LogP contribution in [-0.2, 0) is 0 Å². The van der Waals surface area contributed by atoms with Crippen LogP contribution in [0.15, 0.2) is 39.4 Å². The van der Waals surface area contributed by atoms with Gasteiger partial charge in [0.15, 0.2) is 4.33 Å². The second kappa shape index (κ2) is 2.16. The Morgan fingerprint density at radius 1 is 1.36 bits per heavy atom. The molecule has 0 unspecified atom stereocenters. The van der Waals surface area contributed by atoms with E-state index in [2.05, 4.69) is 15.4 Å². The Morgan fingerprint density at radius 3 is 3.00 bits per heavy atom. The van der Waals surface area contributed by atoms with Crippen molar-refractivity contribution in [2.75, 3.05) is 0 Å². The monoisotopic (exact) mass is 187 g/mol. The summed E-state index contributed by atoms with van der Waals surface area (Å²) < 4.78 is -0.961. The van der Waals surface area contributed by atoms with Gasteiger partial charge in [0.25, 0.3) is 0 Å². The topological polar surface area (TPSA) is 37.1 Å². The van der Waals surface area contributed by atoms with Crippen LogP contribution < -0.4 is 0 Å². The zero-order chi connectivity index (χ0) is 7.90. The number of fused-ring (bicyclic) bond motifs is 1. The minimum Gasteiger partial charge on any atom is -0.129 e. The summed E-state index contributed by atoms with van der Waals surface area (Å²) in [7, 11) is 0. The van der Waals surface area contributed by atoms with E-state index in [0.717, 1.165) is 0 Å². The molecule has 1 heterocycles. The van der Waals surface area contributed by atoms with Gasteiger partial charge in [0.1, 0.15) is 11.4 Å². The smallest absolute Gasteiger partial charge is 0.129 e. The third-order valence-electron chi connectivity index (χ3n) is 1.36. The quantitative estimate of drug-likeness (QED) is 0.523. The highest BCUT2D eigenvalue weighted by atomic mass is 35.5. The van der Waals surface area contributed by atoms with Crippen molar-refractivity contribution in [1.29, 1.82) is 0 Å². The van der Waals surface area contributed by atoms with Gasteiger partial charge in [-0.05, 0) is 23.5 Å². The van der Waals surface area contributed by atoms with Gasteiger partial charge in [0.05, 0.1) is 0 Å². The van der Waals surface area contributed by atoms with E-state index < -0.39 is 4.33 Å². The van der Waals surface area contributed by atoms with Crippen molar-refractivity contribution in [3.63, 3.8) is 0 Å². The minimum absolute atomic E-state index is 0.637. The van der Waals surface area contributed by atoms with E-state index in [0.29, 0.717) is 11.4 Å². The van der Waals surface area contributed by atoms with Crippen LogP contribution in [0.25, 0.3) is 0 Å². The average Bonchev–Trinajstić information content (AvgIpc) is 2.31. The minimum atomic E-state index is -0.961. The summed E-state index contributed by atoms with van der Waals surface area (Å²) in [5.41, 5.74) is 1.35. The molecule has 11 heavy (non-hydrogen) atoms. The number of rotatable bonds is 0. The molecule has 0 amide bonds. The Bertz CT molecular complexity index is 312. The summed E-state index contributed by atoms with van der Waals surface area (Å²) in [6, 6.07) is 0. The van der Waals surface area contributed by atoms with Gasteiger partial charge in [-0.15, -0.1) is 10.2 Å². The first kappa shape index (κ1) is 7.00. The van der Waals surface area contributed by atoms with Crippen molar-refractivity contribution in [3.8, 4) is 0 Å². The van der Waals surface area contributed by atoms with Crippen LogP contribution in [0.1, 0.15) is 0 Å². The molecule has 0 fully saturated rings. The third kappa shape index (κ3) is 1.21. The molecule has 2 rings (SSSR count). The van der Waals surface area contributed by atoms with Gasteiger partial charge in [0.2, 0.25) is 0 Å². The Hall–Kier alpha value is -0.670. The van der Waals surface area contributed by atoms with Crippen molar-refractivity contribution < 1.29 is 0 Å². The normalized spacial score (nSPS) is 24.5. The second-order valence-electron chi connectivity index (χ2n) is 2.21. The van der Waals surface area contributed by atoms with Gasteiger partial charge in [-0.3, -0.25) is 0 Å². The fourth-order valence-corrected chi connectivity index (χ4v) is 1.20. The number of hydrogen-bond donors (Lipinski definition) is 0. The summed E-state index contributed by atoms with van der Waals surface area (Å²) in [5, 5.41) is 10.9. The molecule has 2 aliphatic rings. The van der Waals surface area contributed by atoms with Crippen LogP contribution in [0.5, 0.6) is 0 Å². The molecule has 0 aromatic heterocycles. The molecule has 56 valence electrons. The van der Waals surface area contributed by atoms with Crippen LogP contribution in [-0.4, -0.2) is 10.0 Å². The van der Waals surface area contributed by atoms with Crippen molar-refractivity contribution in [2.45, 2.75) is 4.33 Å². The fraction of sp³-hybridized carbons (Fsp3) is 0.167. The molecule has 1 aliphatic carbocycles. The maximum absolute atomic E-state index is 5.78. The molecular weight excluding hydrogens is 185 g/mol. The van der Waals surface area contributed by atoms with E-state index in [4.69, 9.17) is 23.2 Å². The van der Waals surface area contributed by atoms with E-state index >= 15 is 0 Å². The standard InChI is InChI=1S/C6H3Cl2N3/c7-6(8)2-1-4-5(3-6)10-11-9-4/h1-3H. The molecule has 0 radical (unpaired) electrons. The first-order valence-electron chi connectivity index (χ1n) is 2.96. The molecule has 0 bridgehead atoms. The van der Waals surface area contributed by atoms with Crippen molar-refractivity contribution >= 4 is 28.9 Å². The Kier molecular flexibility index (Phi) is 1.37. The number of hydrogen-bond acceptors (Lipinski definition) is 3. The van der Waals surface area contributed by atoms with Gasteiger partial charge < -0.3 is 0 Å². The van der Waals surface area contributed by atoms with Gasteiger partial charge in [-0.25, -0.2) is 0 Å². The Morgan fingerprint density at radius 2 is 2.18 bits per heavy atom. The molecule has 0 spiro atoms. The lowest BCUT2D eigenvalue weighted by Crippen LogP contribution is -2.12. The second-order valence-corrected chi connectivity index (χ2v) is 3.66. The van der Waals surface area contributed by atoms with Crippen LogP contribution in [0.2, 0.25) is 0 Å². The number of alkyl halides is 2. The van der Waals surface area contributed by atoms with E-state index in [-0.39, 0.29) is 0 Å². The number of halogens is 2. The summed E-state index contributed by atoms with van der Waals surface area (Å²) in [5.74, 6) is 0.